The Kier molecular flexibility index (Phi) is 2.69. The van der Waals surface area contributed by atoms with Gasteiger partial charge in [0.05, 0.1) is 11.1 Å². The van der Waals surface area contributed by atoms with Crippen LogP contribution in [0.2, 0.25) is 0 Å². The third-order valence-corrected chi connectivity index (χ3v) is 2.37. The maximum absolute atomic E-state index is 13.1. The van der Waals surface area contributed by atoms with Gasteiger partial charge >= 0.3 is 0 Å². The standard InChI is InChI=1S/C9H7BrF2O2/c10-7-1-5(11)2-8(12)9(7)14-4-6-3-13-6/h1-2,6H,3-4H2/t6-/m0/s1. The van der Waals surface area contributed by atoms with Crippen molar-refractivity contribution in [2.45, 2.75) is 6.10 Å². The smallest absolute Gasteiger partial charge is 0.169 e. The zero-order valence-electron chi connectivity index (χ0n) is 7.10. The number of hydrogen-bond acceptors (Lipinski definition) is 2. The molecule has 2 rings (SSSR count). The minimum absolute atomic E-state index is 0.0295. The molecule has 0 saturated carbocycles. The number of rotatable bonds is 3. The van der Waals surface area contributed by atoms with Crippen LogP contribution in [0.3, 0.4) is 0 Å². The Morgan fingerprint density at radius 1 is 1.50 bits per heavy atom. The molecule has 1 saturated heterocycles. The Labute approximate surface area is 87.9 Å². The fraction of sp³-hybridized carbons (Fsp3) is 0.333. The summed E-state index contributed by atoms with van der Waals surface area (Å²) in [5, 5.41) is 0. The van der Waals surface area contributed by atoms with Gasteiger partial charge < -0.3 is 9.47 Å². The van der Waals surface area contributed by atoms with Crippen LogP contribution in [-0.4, -0.2) is 19.3 Å². The van der Waals surface area contributed by atoms with E-state index < -0.39 is 11.6 Å². The topological polar surface area (TPSA) is 21.8 Å². The zero-order chi connectivity index (χ0) is 10.1. The van der Waals surface area contributed by atoms with Gasteiger partial charge in [0, 0.05) is 6.07 Å². The lowest BCUT2D eigenvalue weighted by Crippen LogP contribution is -2.06. The summed E-state index contributed by atoms with van der Waals surface area (Å²) in [5.41, 5.74) is 0. The van der Waals surface area contributed by atoms with E-state index in [1.54, 1.807) is 0 Å². The maximum Gasteiger partial charge on any atom is 0.169 e. The van der Waals surface area contributed by atoms with E-state index >= 15 is 0 Å². The predicted molar refractivity (Wildman–Crippen MR) is 49.3 cm³/mol. The summed E-state index contributed by atoms with van der Waals surface area (Å²) in [6, 6.07) is 1.94. The van der Waals surface area contributed by atoms with Crippen LogP contribution >= 0.6 is 15.9 Å². The van der Waals surface area contributed by atoms with Crippen molar-refractivity contribution in [2.24, 2.45) is 0 Å². The first kappa shape index (κ1) is 9.86. The first-order chi connectivity index (χ1) is 6.66. The monoisotopic (exact) mass is 264 g/mol. The molecule has 1 aromatic rings. The van der Waals surface area contributed by atoms with Crippen molar-refractivity contribution in [1.29, 1.82) is 0 Å². The highest BCUT2D eigenvalue weighted by Crippen LogP contribution is 2.29. The molecule has 1 aliphatic heterocycles. The van der Waals surface area contributed by atoms with Crippen LogP contribution in [0.5, 0.6) is 5.75 Å². The van der Waals surface area contributed by atoms with E-state index in [4.69, 9.17) is 9.47 Å². The summed E-state index contributed by atoms with van der Waals surface area (Å²) >= 11 is 3.02. The molecule has 1 heterocycles. The van der Waals surface area contributed by atoms with Crippen LogP contribution in [0.4, 0.5) is 8.78 Å². The van der Waals surface area contributed by atoms with E-state index in [1.165, 1.54) is 0 Å². The summed E-state index contributed by atoms with van der Waals surface area (Å²) in [6.07, 6.45) is 0.0475. The molecule has 0 amide bonds. The molecular weight excluding hydrogens is 258 g/mol. The Hall–Kier alpha value is -0.680. The first-order valence-electron chi connectivity index (χ1n) is 4.06. The maximum atomic E-state index is 13.1. The molecule has 0 bridgehead atoms. The summed E-state index contributed by atoms with van der Waals surface area (Å²) < 4.78 is 36.1. The van der Waals surface area contributed by atoms with Crippen molar-refractivity contribution in [3.8, 4) is 5.75 Å². The molecule has 1 atom stereocenters. The Morgan fingerprint density at radius 3 is 2.79 bits per heavy atom. The fourth-order valence-corrected chi connectivity index (χ4v) is 1.53. The second-order valence-electron chi connectivity index (χ2n) is 2.96. The third kappa shape index (κ3) is 2.22. The Morgan fingerprint density at radius 2 is 2.21 bits per heavy atom. The molecule has 1 fully saturated rings. The zero-order valence-corrected chi connectivity index (χ0v) is 8.68. The van der Waals surface area contributed by atoms with Crippen molar-refractivity contribution in [3.63, 3.8) is 0 Å². The van der Waals surface area contributed by atoms with Crippen molar-refractivity contribution >= 4 is 15.9 Å². The lowest BCUT2D eigenvalue weighted by atomic mass is 10.3. The van der Waals surface area contributed by atoms with Gasteiger partial charge in [-0.2, -0.15) is 0 Å². The minimum Gasteiger partial charge on any atom is -0.487 e. The molecule has 1 aromatic carbocycles. The molecule has 0 aliphatic carbocycles. The van der Waals surface area contributed by atoms with Crippen molar-refractivity contribution in [3.05, 3.63) is 28.2 Å². The summed E-state index contributed by atoms with van der Waals surface area (Å²) in [6.45, 7) is 0.932. The number of halogens is 3. The van der Waals surface area contributed by atoms with Gasteiger partial charge in [0.15, 0.2) is 11.6 Å². The highest BCUT2D eigenvalue weighted by atomic mass is 79.9. The van der Waals surface area contributed by atoms with Crippen LogP contribution in [-0.2, 0) is 4.74 Å². The highest BCUT2D eigenvalue weighted by Gasteiger charge is 2.24. The molecule has 0 N–H and O–H groups in total. The fourth-order valence-electron chi connectivity index (χ4n) is 1.01. The molecule has 0 radical (unpaired) electrons. The minimum atomic E-state index is -0.711. The molecule has 0 aromatic heterocycles. The predicted octanol–water partition coefficient (Wildman–Crippen LogP) is 2.50. The van der Waals surface area contributed by atoms with Crippen molar-refractivity contribution < 1.29 is 18.3 Å². The van der Waals surface area contributed by atoms with Crippen molar-refractivity contribution in [1.82, 2.24) is 0 Å². The second kappa shape index (κ2) is 3.82. The van der Waals surface area contributed by atoms with Gasteiger partial charge in [-0.25, -0.2) is 8.78 Å². The van der Waals surface area contributed by atoms with Crippen LogP contribution in [0.1, 0.15) is 0 Å². The van der Waals surface area contributed by atoms with Gasteiger partial charge in [0.1, 0.15) is 18.5 Å². The quantitative estimate of drug-likeness (QED) is 0.783. The van der Waals surface area contributed by atoms with Gasteiger partial charge in [-0.05, 0) is 22.0 Å². The van der Waals surface area contributed by atoms with E-state index in [-0.39, 0.29) is 16.3 Å². The first-order valence-corrected chi connectivity index (χ1v) is 4.85. The normalized spacial score (nSPS) is 19.5. The van der Waals surface area contributed by atoms with E-state index in [1.807, 2.05) is 0 Å². The van der Waals surface area contributed by atoms with Crippen LogP contribution in [0.25, 0.3) is 0 Å². The van der Waals surface area contributed by atoms with E-state index in [9.17, 15) is 8.78 Å². The third-order valence-electron chi connectivity index (χ3n) is 1.78. The van der Waals surface area contributed by atoms with Crippen LogP contribution in [0.15, 0.2) is 16.6 Å². The Bertz CT molecular complexity index is 330. The molecular formula is C9H7BrF2O2. The lowest BCUT2D eigenvalue weighted by molar-refractivity contribution is 0.252. The average molecular weight is 265 g/mol. The lowest BCUT2D eigenvalue weighted by Gasteiger charge is -2.07. The summed E-state index contributed by atoms with van der Waals surface area (Å²) in [7, 11) is 0. The largest absolute Gasteiger partial charge is 0.487 e. The van der Waals surface area contributed by atoms with Gasteiger partial charge in [-0.1, -0.05) is 0 Å². The number of epoxide rings is 1. The molecule has 0 spiro atoms. The van der Waals surface area contributed by atoms with Gasteiger partial charge in [0.2, 0.25) is 0 Å². The van der Waals surface area contributed by atoms with Crippen molar-refractivity contribution in [2.75, 3.05) is 13.2 Å². The second-order valence-corrected chi connectivity index (χ2v) is 3.82. The van der Waals surface area contributed by atoms with Gasteiger partial charge in [-0.15, -0.1) is 0 Å². The van der Waals surface area contributed by atoms with E-state index in [0.29, 0.717) is 13.2 Å². The van der Waals surface area contributed by atoms with Gasteiger partial charge in [-0.3, -0.25) is 0 Å². The van der Waals surface area contributed by atoms with Gasteiger partial charge in [0.25, 0.3) is 0 Å². The SMILES string of the molecule is Fc1cc(F)c(OC[C@@H]2CO2)c(Br)c1. The van der Waals surface area contributed by atoms with Crippen LogP contribution < -0.4 is 4.74 Å². The molecule has 76 valence electrons. The van der Waals surface area contributed by atoms with E-state index in [0.717, 1.165) is 12.1 Å². The van der Waals surface area contributed by atoms with Crippen LogP contribution in [0, 0.1) is 11.6 Å². The molecule has 0 unspecified atom stereocenters. The highest BCUT2D eigenvalue weighted by molar-refractivity contribution is 9.10. The molecule has 2 nitrogen and oxygen atoms in total. The number of benzene rings is 1. The average Bonchev–Trinajstić information content (AvgIpc) is 2.85. The molecule has 14 heavy (non-hydrogen) atoms. The van der Waals surface area contributed by atoms with E-state index in [2.05, 4.69) is 15.9 Å². The molecule has 1 aliphatic rings. The number of ether oxygens (including phenoxy) is 2. The summed E-state index contributed by atoms with van der Waals surface area (Å²) in [5.74, 6) is -1.32. The number of hydrogen-bond donors (Lipinski definition) is 0. The Balaban J connectivity index is 2.13. The molecule has 5 heteroatoms. The summed E-state index contributed by atoms with van der Waals surface area (Å²) in [4.78, 5) is 0.